The molecule has 0 unspecified atom stereocenters. The minimum Gasteiger partial charge on any atom is -0.493 e. The lowest BCUT2D eigenvalue weighted by atomic mass is 9.85. The fraction of sp³-hybridized carbons (Fsp3) is 0.500. The van der Waals surface area contributed by atoms with Crippen LogP contribution in [0, 0.1) is 0 Å². The van der Waals surface area contributed by atoms with Gasteiger partial charge in [0.2, 0.25) is 5.43 Å². The van der Waals surface area contributed by atoms with Crippen molar-refractivity contribution >= 4 is 0 Å². The van der Waals surface area contributed by atoms with Crippen molar-refractivity contribution in [1.82, 2.24) is 0 Å². The Morgan fingerprint density at radius 2 is 1.94 bits per heavy atom. The molecular weight excluding hydrogens is 200 g/mol. The van der Waals surface area contributed by atoms with E-state index in [4.69, 9.17) is 4.74 Å². The van der Waals surface area contributed by atoms with E-state index in [2.05, 4.69) is 6.07 Å². The predicted molar refractivity (Wildman–Crippen MR) is 65.1 cm³/mol. The lowest BCUT2D eigenvalue weighted by molar-refractivity contribution is 0.411. The second kappa shape index (κ2) is 5.15. The van der Waals surface area contributed by atoms with Crippen LogP contribution in [0.5, 0.6) is 5.75 Å². The molecule has 0 saturated heterocycles. The van der Waals surface area contributed by atoms with Gasteiger partial charge in [-0.1, -0.05) is 31.4 Å². The molecule has 0 aromatic heterocycles. The first kappa shape index (κ1) is 11.2. The third kappa shape index (κ3) is 2.43. The molecule has 0 amide bonds. The lowest BCUT2D eigenvalue weighted by Gasteiger charge is -2.20. The van der Waals surface area contributed by atoms with Gasteiger partial charge in [0.25, 0.3) is 0 Å². The summed E-state index contributed by atoms with van der Waals surface area (Å²) in [6, 6.07) is 7.47. The first-order chi connectivity index (χ1) is 7.81. The van der Waals surface area contributed by atoms with E-state index < -0.39 is 0 Å². The lowest BCUT2D eigenvalue weighted by Crippen LogP contribution is -2.07. The van der Waals surface area contributed by atoms with Crippen LogP contribution in [0.3, 0.4) is 0 Å². The molecule has 1 fully saturated rings. The zero-order chi connectivity index (χ0) is 11.4. The molecule has 0 bridgehead atoms. The van der Waals surface area contributed by atoms with Gasteiger partial charge in [0.05, 0.1) is 7.11 Å². The Morgan fingerprint density at radius 1 is 1.19 bits per heavy atom. The van der Waals surface area contributed by atoms with Crippen LogP contribution in [0.15, 0.2) is 29.1 Å². The first-order valence-electron chi connectivity index (χ1n) is 5.99. The van der Waals surface area contributed by atoms with Crippen molar-refractivity contribution in [3.05, 3.63) is 40.1 Å². The third-order valence-corrected chi connectivity index (χ3v) is 3.37. The molecular formula is C14H18O2. The monoisotopic (exact) mass is 218 g/mol. The maximum Gasteiger partial charge on any atom is 0.220 e. The van der Waals surface area contributed by atoms with E-state index in [-0.39, 0.29) is 5.43 Å². The van der Waals surface area contributed by atoms with Crippen LogP contribution in [0.4, 0.5) is 0 Å². The fourth-order valence-corrected chi connectivity index (χ4v) is 2.46. The minimum atomic E-state index is -0.00641. The van der Waals surface area contributed by atoms with E-state index in [9.17, 15) is 4.79 Å². The SMILES string of the molecule is COc1cccc(C2CCCCC2)cc1=O. The number of hydrogen-bond acceptors (Lipinski definition) is 2. The third-order valence-electron chi connectivity index (χ3n) is 3.37. The fourth-order valence-electron chi connectivity index (χ4n) is 2.46. The molecule has 0 N–H and O–H groups in total. The Kier molecular flexibility index (Phi) is 3.60. The van der Waals surface area contributed by atoms with E-state index in [1.807, 2.05) is 6.07 Å². The smallest absolute Gasteiger partial charge is 0.220 e. The maximum absolute atomic E-state index is 11.8. The summed E-state index contributed by atoms with van der Waals surface area (Å²) in [4.78, 5) is 11.8. The van der Waals surface area contributed by atoms with Gasteiger partial charge in [0, 0.05) is 0 Å². The Hall–Kier alpha value is -1.31. The van der Waals surface area contributed by atoms with Gasteiger partial charge in [0.1, 0.15) is 0 Å². The molecule has 0 heterocycles. The summed E-state index contributed by atoms with van der Waals surface area (Å²) in [6.07, 6.45) is 6.34. The molecule has 1 aromatic carbocycles. The van der Waals surface area contributed by atoms with Gasteiger partial charge in [-0.15, -0.1) is 0 Å². The van der Waals surface area contributed by atoms with Crippen molar-refractivity contribution in [3.63, 3.8) is 0 Å². The van der Waals surface area contributed by atoms with Crippen molar-refractivity contribution in [2.24, 2.45) is 0 Å². The Labute approximate surface area is 96.3 Å². The summed E-state index contributed by atoms with van der Waals surface area (Å²) < 4.78 is 5.03. The summed E-state index contributed by atoms with van der Waals surface area (Å²) in [5, 5.41) is 0. The summed E-state index contributed by atoms with van der Waals surface area (Å²) >= 11 is 0. The second-order valence-corrected chi connectivity index (χ2v) is 4.44. The van der Waals surface area contributed by atoms with E-state index in [1.54, 1.807) is 12.1 Å². The average Bonchev–Trinajstić information content (AvgIpc) is 2.52. The van der Waals surface area contributed by atoms with E-state index in [0.29, 0.717) is 11.7 Å². The molecule has 0 radical (unpaired) electrons. The van der Waals surface area contributed by atoms with Gasteiger partial charge in [-0.25, -0.2) is 0 Å². The zero-order valence-corrected chi connectivity index (χ0v) is 9.74. The van der Waals surface area contributed by atoms with Crippen molar-refractivity contribution < 1.29 is 4.74 Å². The molecule has 0 atom stereocenters. The van der Waals surface area contributed by atoms with Gasteiger partial charge >= 0.3 is 0 Å². The molecule has 2 rings (SSSR count). The maximum atomic E-state index is 11.8. The highest BCUT2D eigenvalue weighted by atomic mass is 16.5. The number of methoxy groups -OCH3 is 1. The quantitative estimate of drug-likeness (QED) is 0.762. The van der Waals surface area contributed by atoms with Crippen LogP contribution < -0.4 is 10.2 Å². The Bertz CT molecular complexity index is 406. The Morgan fingerprint density at radius 3 is 2.62 bits per heavy atom. The van der Waals surface area contributed by atoms with E-state index >= 15 is 0 Å². The van der Waals surface area contributed by atoms with E-state index in [1.165, 1.54) is 44.8 Å². The molecule has 1 aromatic rings. The van der Waals surface area contributed by atoms with Crippen molar-refractivity contribution in [2.75, 3.05) is 7.11 Å². The molecule has 1 aliphatic carbocycles. The number of ether oxygens (including phenoxy) is 1. The van der Waals surface area contributed by atoms with Crippen LogP contribution in [0.2, 0.25) is 0 Å². The summed E-state index contributed by atoms with van der Waals surface area (Å²) in [5.41, 5.74) is 1.17. The van der Waals surface area contributed by atoms with Crippen LogP contribution in [-0.4, -0.2) is 7.11 Å². The average molecular weight is 218 g/mol. The van der Waals surface area contributed by atoms with Gasteiger partial charge in [0.15, 0.2) is 5.75 Å². The topological polar surface area (TPSA) is 26.3 Å². The molecule has 1 aliphatic rings. The Balaban J connectivity index is 2.31. The van der Waals surface area contributed by atoms with E-state index in [0.717, 1.165) is 0 Å². The van der Waals surface area contributed by atoms with Crippen LogP contribution >= 0.6 is 0 Å². The highest BCUT2D eigenvalue weighted by molar-refractivity contribution is 5.27. The summed E-state index contributed by atoms with van der Waals surface area (Å²) in [6.45, 7) is 0. The molecule has 86 valence electrons. The van der Waals surface area contributed by atoms with Crippen molar-refractivity contribution in [1.29, 1.82) is 0 Å². The van der Waals surface area contributed by atoms with Crippen LogP contribution in [-0.2, 0) is 0 Å². The van der Waals surface area contributed by atoms with Gasteiger partial charge in [-0.05, 0) is 36.5 Å². The zero-order valence-electron chi connectivity index (χ0n) is 9.74. The summed E-state index contributed by atoms with van der Waals surface area (Å²) in [7, 11) is 1.54. The molecule has 0 spiro atoms. The normalized spacial score (nSPS) is 17.1. The molecule has 1 saturated carbocycles. The minimum absolute atomic E-state index is 0.00641. The summed E-state index contributed by atoms with van der Waals surface area (Å²) in [5.74, 6) is 1.00. The van der Waals surface area contributed by atoms with Gasteiger partial charge in [-0.3, -0.25) is 4.79 Å². The largest absolute Gasteiger partial charge is 0.493 e. The molecule has 2 nitrogen and oxygen atoms in total. The molecule has 16 heavy (non-hydrogen) atoms. The predicted octanol–water partition coefficient (Wildman–Crippen LogP) is 3.10. The number of hydrogen-bond donors (Lipinski definition) is 0. The molecule has 0 aliphatic heterocycles. The standard InChI is InChI=1S/C14H18O2/c1-16-14-9-5-8-12(10-13(14)15)11-6-3-2-4-7-11/h5,8-11H,2-4,6-7H2,1H3. The second-order valence-electron chi connectivity index (χ2n) is 4.44. The van der Waals surface area contributed by atoms with Crippen molar-refractivity contribution in [3.8, 4) is 5.75 Å². The highest BCUT2D eigenvalue weighted by Crippen LogP contribution is 2.31. The molecule has 2 heteroatoms. The highest BCUT2D eigenvalue weighted by Gasteiger charge is 2.15. The van der Waals surface area contributed by atoms with Gasteiger partial charge < -0.3 is 4.74 Å². The first-order valence-corrected chi connectivity index (χ1v) is 5.99. The van der Waals surface area contributed by atoms with Crippen LogP contribution in [0.1, 0.15) is 43.6 Å². The van der Waals surface area contributed by atoms with Crippen molar-refractivity contribution in [2.45, 2.75) is 38.0 Å². The van der Waals surface area contributed by atoms with Crippen LogP contribution in [0.25, 0.3) is 0 Å². The van der Waals surface area contributed by atoms with Gasteiger partial charge in [-0.2, -0.15) is 0 Å². The number of rotatable bonds is 2.